The lowest BCUT2D eigenvalue weighted by molar-refractivity contribution is -0.339. The number of hydrogen-bond acceptors (Lipinski definition) is 6. The predicted molar refractivity (Wildman–Crippen MR) is 64.4 cm³/mol. The standard InChI is InChI=1S/3CH5N3.H4O7P2/c3*2-1(3)4;1-8(2,3)7-9(4,5)6/h3*(H5,2,3,4);(H2,1,2,3)(H2,4,5,6). The molecule has 128 valence electrons. The fourth-order valence-corrected chi connectivity index (χ4v) is 1.14. The maximum Gasteiger partial charge on any atom is 0.336 e. The van der Waals surface area contributed by atoms with E-state index in [9.17, 15) is 23.8 Å². The van der Waals surface area contributed by atoms with Crippen molar-refractivity contribution in [3.63, 3.8) is 0 Å². The molecule has 19 N–H and O–H groups in total. The van der Waals surface area contributed by atoms with Gasteiger partial charge in [0.15, 0.2) is 0 Å². The quantitative estimate of drug-likeness (QED) is 0.125. The molecule has 0 saturated carbocycles. The van der Waals surface area contributed by atoms with Crippen LogP contribution in [0, 0.1) is 0 Å². The second-order valence-electron chi connectivity index (χ2n) is 2.50. The van der Waals surface area contributed by atoms with E-state index in [2.05, 4.69) is 54.9 Å². The average Bonchev–Trinajstić information content (AvgIpc) is 1.89. The average molecular weight is 355 g/mol. The molecular formula is C3H19N9O7P2. The largest absolute Gasteiger partial charge is 0.790 e. The number of guanidine groups is 3. The van der Waals surface area contributed by atoms with Crippen LogP contribution in [-0.4, -0.2) is 22.8 Å². The van der Waals surface area contributed by atoms with Gasteiger partial charge in [0.05, 0.1) is 7.82 Å². The summed E-state index contributed by atoms with van der Waals surface area (Å²) in [5, 5.41) is 13.8. The van der Waals surface area contributed by atoms with Crippen molar-refractivity contribution in [2.24, 2.45) is 34.4 Å². The van der Waals surface area contributed by atoms with Gasteiger partial charge in [-0.15, -0.1) is 0 Å². The van der Waals surface area contributed by atoms with E-state index in [-0.39, 0.29) is 17.9 Å². The Balaban J connectivity index is -0.000000102. The van der Waals surface area contributed by atoms with Crippen molar-refractivity contribution in [2.75, 3.05) is 0 Å². The summed E-state index contributed by atoms with van der Waals surface area (Å²) in [6.45, 7) is 0. The van der Waals surface area contributed by atoms with Crippen LogP contribution in [0.2, 0.25) is 0 Å². The molecule has 0 aromatic heterocycles. The Morgan fingerprint density at radius 2 is 0.952 bits per heavy atom. The number of hydrogen-bond donors (Lipinski definition) is 10. The second kappa shape index (κ2) is 13.1. The Kier molecular flexibility index (Phi) is 17.1. The minimum atomic E-state index is -5.61. The van der Waals surface area contributed by atoms with Gasteiger partial charge in [0.1, 0.15) is 0 Å². The third kappa shape index (κ3) is 282. The highest BCUT2D eigenvalue weighted by molar-refractivity contribution is 7.58. The van der Waals surface area contributed by atoms with Gasteiger partial charge in [0.2, 0.25) is 0 Å². The van der Waals surface area contributed by atoms with Crippen molar-refractivity contribution in [2.45, 2.75) is 0 Å². The molecule has 0 saturated heterocycles. The Morgan fingerprint density at radius 3 is 0.952 bits per heavy atom. The summed E-state index contributed by atoms with van der Waals surface area (Å²) in [5.41, 5.74) is 27.5. The third-order valence-electron chi connectivity index (χ3n) is 0.203. The highest BCUT2D eigenvalue weighted by Crippen LogP contribution is 2.45. The smallest absolute Gasteiger partial charge is 0.336 e. The van der Waals surface area contributed by atoms with Crippen LogP contribution >= 0.6 is 15.6 Å². The molecule has 0 radical (unpaired) electrons. The lowest BCUT2D eigenvalue weighted by atomic mass is 11.1. The van der Waals surface area contributed by atoms with E-state index in [0.717, 1.165) is 0 Å². The summed E-state index contributed by atoms with van der Waals surface area (Å²) in [5.74, 6) is -0.250. The van der Waals surface area contributed by atoms with Crippen LogP contribution in [0.5, 0.6) is 0 Å². The molecule has 1 unspecified atom stereocenters. The van der Waals surface area contributed by atoms with Crippen LogP contribution in [0.1, 0.15) is 0 Å². The second-order valence-corrected chi connectivity index (χ2v) is 4.98. The molecule has 0 heterocycles. The summed E-state index contributed by atoms with van der Waals surface area (Å²) in [6, 6.07) is 0. The summed E-state index contributed by atoms with van der Waals surface area (Å²) < 4.78 is 21.4. The van der Waals surface area contributed by atoms with Gasteiger partial charge < -0.3 is 24.1 Å². The minimum absolute atomic E-state index is 0.0833. The van der Waals surface area contributed by atoms with Gasteiger partial charge in [0, 0.05) is 0 Å². The molecule has 1 atom stereocenters. The van der Waals surface area contributed by atoms with E-state index < -0.39 is 15.6 Å². The maximum absolute atomic E-state index is 9.44. The van der Waals surface area contributed by atoms with Gasteiger partial charge in [-0.3, -0.25) is 59.5 Å². The molecule has 21 heavy (non-hydrogen) atoms. The molecule has 0 aromatic rings. The summed E-state index contributed by atoms with van der Waals surface area (Å²) in [6.07, 6.45) is 0. The molecule has 16 nitrogen and oxygen atoms in total. The van der Waals surface area contributed by atoms with E-state index in [1.165, 1.54) is 0 Å². The molecule has 0 bridgehead atoms. The fourth-order valence-electron chi connectivity index (χ4n) is 0.126. The lowest BCUT2D eigenvalue weighted by Crippen LogP contribution is -2.51. The molecule has 0 aliphatic carbocycles. The molecule has 0 rings (SSSR count). The normalized spacial score (nSPS) is 11.6. The number of nitrogens with two attached hydrogens (primary N) is 9. The number of rotatable bonds is 2. The molecule has 0 spiro atoms. The van der Waals surface area contributed by atoms with E-state index in [0.29, 0.717) is 0 Å². The zero-order valence-electron chi connectivity index (χ0n) is 10.5. The van der Waals surface area contributed by atoms with Crippen LogP contribution in [0.15, 0.2) is 0 Å². The van der Waals surface area contributed by atoms with Crippen LogP contribution in [0.4, 0.5) is 0 Å². The lowest BCUT2D eigenvalue weighted by Gasteiger charge is -2.32. The monoisotopic (exact) mass is 355 g/mol. The Bertz CT molecular complexity index is 353. The highest BCUT2D eigenvalue weighted by atomic mass is 31.3. The van der Waals surface area contributed by atoms with Crippen LogP contribution in [0.25, 0.3) is 0 Å². The topological polar surface area (TPSA) is 366 Å². The van der Waals surface area contributed by atoms with Crippen molar-refractivity contribution < 1.29 is 49.2 Å². The molecule has 0 aliphatic rings. The van der Waals surface area contributed by atoms with E-state index in [4.69, 9.17) is 4.89 Å². The first-order chi connectivity index (χ1) is 8.90. The summed E-state index contributed by atoms with van der Waals surface area (Å²) in [4.78, 5) is 35.7. The van der Waals surface area contributed by atoms with Crippen molar-refractivity contribution in [3.05, 3.63) is 0 Å². The van der Waals surface area contributed by atoms with Gasteiger partial charge >= 0.3 is 17.9 Å². The zero-order chi connectivity index (χ0) is 18.4. The van der Waals surface area contributed by atoms with Gasteiger partial charge in [-0.2, -0.15) is 0 Å². The maximum atomic E-state index is 9.44. The van der Waals surface area contributed by atoms with Crippen molar-refractivity contribution in [1.29, 1.82) is 0 Å². The Hall–Kier alpha value is -1.93. The van der Waals surface area contributed by atoms with Gasteiger partial charge in [0.25, 0.3) is 7.82 Å². The van der Waals surface area contributed by atoms with E-state index in [1.807, 2.05) is 0 Å². The Labute approximate surface area is 118 Å². The molecule has 0 aromatic carbocycles. The molecule has 18 heteroatoms. The highest BCUT2D eigenvalue weighted by Gasteiger charge is 2.02. The third-order valence-corrected chi connectivity index (χ3v) is 1.83. The Morgan fingerprint density at radius 1 is 0.810 bits per heavy atom. The SMILES string of the molecule is NC(N)=[NH2+].NC(N)=[NH2+].NC(N)=[NH2+].O=P([O-])([O-])OP(=O)([O-])O. The van der Waals surface area contributed by atoms with Crippen molar-refractivity contribution in [3.8, 4) is 0 Å². The molecule has 0 amide bonds. The van der Waals surface area contributed by atoms with Crippen LogP contribution < -0.4 is 65.3 Å². The van der Waals surface area contributed by atoms with Crippen molar-refractivity contribution in [1.82, 2.24) is 0 Å². The summed E-state index contributed by atoms with van der Waals surface area (Å²) >= 11 is 0. The molecule has 0 fully saturated rings. The van der Waals surface area contributed by atoms with Gasteiger partial charge in [-0.25, -0.2) is 0 Å². The van der Waals surface area contributed by atoms with Gasteiger partial charge in [-0.05, 0) is 0 Å². The first kappa shape index (κ1) is 27.4. The van der Waals surface area contributed by atoms with Crippen LogP contribution in [0.3, 0.4) is 0 Å². The summed E-state index contributed by atoms with van der Waals surface area (Å²) in [7, 11) is -11.0. The van der Waals surface area contributed by atoms with E-state index in [1.54, 1.807) is 0 Å². The molecule has 0 aliphatic heterocycles. The first-order valence-electron chi connectivity index (χ1n) is 4.08. The molecular weight excluding hydrogens is 336 g/mol. The van der Waals surface area contributed by atoms with E-state index >= 15 is 0 Å². The number of phosphoric acid groups is 2. The first-order valence-corrected chi connectivity index (χ1v) is 7.03. The minimum Gasteiger partial charge on any atom is -0.790 e. The zero-order valence-corrected chi connectivity index (χ0v) is 12.3. The fraction of sp³-hybridized carbons (Fsp3) is 0. The van der Waals surface area contributed by atoms with Gasteiger partial charge in [-0.1, -0.05) is 0 Å². The van der Waals surface area contributed by atoms with Crippen LogP contribution in [-0.2, 0) is 13.4 Å². The predicted octanol–water partition coefficient (Wildman–Crippen LogP) is -11.7. The van der Waals surface area contributed by atoms with Crippen molar-refractivity contribution >= 4 is 33.5 Å².